The summed E-state index contributed by atoms with van der Waals surface area (Å²) >= 11 is 6.02. The average molecular weight is 393 g/mol. The molecule has 2 aromatic rings. The highest BCUT2D eigenvalue weighted by molar-refractivity contribution is 6.31. The summed E-state index contributed by atoms with van der Waals surface area (Å²) in [6.45, 7) is 4.85. The number of nitrogens with one attached hydrogen (secondary N) is 1. The quantitative estimate of drug-likeness (QED) is 0.831. The topological polar surface area (TPSA) is 93.0 Å². The number of aliphatic hydroxyl groups is 1. The van der Waals surface area contributed by atoms with E-state index in [1.54, 1.807) is 11.1 Å². The van der Waals surface area contributed by atoms with E-state index in [9.17, 15) is 14.3 Å². The van der Waals surface area contributed by atoms with Gasteiger partial charge in [0.1, 0.15) is 12.2 Å². The average Bonchev–Trinajstić information content (AvgIpc) is 3.10. The zero-order chi connectivity index (χ0) is 19.8. The van der Waals surface area contributed by atoms with Gasteiger partial charge in [-0.2, -0.15) is 10.4 Å². The van der Waals surface area contributed by atoms with Gasteiger partial charge in [0.05, 0.1) is 28.9 Å². The highest BCUT2D eigenvalue weighted by Gasteiger charge is 2.41. The summed E-state index contributed by atoms with van der Waals surface area (Å²) in [5.74, 6) is -0.736. The number of aromatic nitrogens is 2. The van der Waals surface area contributed by atoms with Crippen LogP contribution in [0.1, 0.15) is 44.8 Å². The number of H-pyrrole nitrogens is 1. The number of carbonyl (C=O) groups is 1. The molecule has 1 atom stereocenters. The summed E-state index contributed by atoms with van der Waals surface area (Å²) in [4.78, 5) is 13.6. The van der Waals surface area contributed by atoms with Gasteiger partial charge in [-0.3, -0.25) is 9.89 Å². The fraction of sp³-hybridized carbons (Fsp3) is 0.526. The monoisotopic (exact) mass is 392 g/mol. The van der Waals surface area contributed by atoms with Gasteiger partial charge in [0, 0.05) is 24.0 Å². The van der Waals surface area contributed by atoms with Gasteiger partial charge in [0.25, 0.3) is 0 Å². The van der Waals surface area contributed by atoms with E-state index in [4.69, 9.17) is 16.9 Å². The van der Waals surface area contributed by atoms with Crippen LogP contribution in [0.5, 0.6) is 0 Å². The van der Waals surface area contributed by atoms with E-state index in [0.29, 0.717) is 36.8 Å². The molecule has 8 heteroatoms. The summed E-state index contributed by atoms with van der Waals surface area (Å²) in [6.07, 6.45) is 1.68. The van der Waals surface area contributed by atoms with Crippen LogP contribution in [0.2, 0.25) is 5.02 Å². The van der Waals surface area contributed by atoms with E-state index in [0.717, 1.165) is 0 Å². The van der Waals surface area contributed by atoms with Crippen LogP contribution in [0.15, 0.2) is 12.3 Å². The molecule has 0 saturated carbocycles. The zero-order valence-electron chi connectivity index (χ0n) is 15.3. The Balaban J connectivity index is 1.84. The third-order valence-corrected chi connectivity index (χ3v) is 6.05. The minimum absolute atomic E-state index is 0.0503. The highest BCUT2D eigenvalue weighted by atomic mass is 35.5. The molecule has 0 unspecified atom stereocenters. The predicted molar refractivity (Wildman–Crippen MR) is 99.3 cm³/mol. The largest absolute Gasteiger partial charge is 0.388 e. The molecule has 0 bridgehead atoms. The summed E-state index contributed by atoms with van der Waals surface area (Å²) in [7, 11) is 0. The lowest BCUT2D eigenvalue weighted by Crippen LogP contribution is -2.43. The first-order chi connectivity index (χ1) is 12.8. The second-order valence-corrected chi connectivity index (χ2v) is 8.04. The van der Waals surface area contributed by atoms with E-state index < -0.39 is 17.3 Å². The van der Waals surface area contributed by atoms with E-state index in [1.807, 2.05) is 19.9 Å². The molecule has 1 amide bonds. The van der Waals surface area contributed by atoms with Gasteiger partial charge >= 0.3 is 0 Å². The van der Waals surface area contributed by atoms with Crippen molar-refractivity contribution in [2.75, 3.05) is 13.1 Å². The molecule has 1 aliphatic heterocycles. The van der Waals surface area contributed by atoms with Gasteiger partial charge in [0.2, 0.25) is 5.91 Å². The SMILES string of the molecule is CC(C)(C1CCN(C(=O)CC#N)CC1)[C@H](O)c1c(F)c(Cl)cc2cn[nH]c12. The summed E-state index contributed by atoms with van der Waals surface area (Å²) in [5, 5.41) is 27.1. The molecule has 27 heavy (non-hydrogen) atoms. The summed E-state index contributed by atoms with van der Waals surface area (Å²) in [6, 6.07) is 3.36. The van der Waals surface area contributed by atoms with Crippen molar-refractivity contribution in [3.05, 3.63) is 28.7 Å². The molecule has 0 radical (unpaired) electrons. The lowest BCUT2D eigenvalue weighted by atomic mass is 9.68. The number of fused-ring (bicyclic) bond motifs is 1. The molecule has 0 aliphatic carbocycles. The minimum Gasteiger partial charge on any atom is -0.388 e. The van der Waals surface area contributed by atoms with Crippen LogP contribution in [0.25, 0.3) is 10.9 Å². The molecule has 1 aromatic heterocycles. The van der Waals surface area contributed by atoms with Crippen molar-refractivity contribution >= 4 is 28.4 Å². The maximum atomic E-state index is 14.8. The van der Waals surface area contributed by atoms with Crippen LogP contribution in [0.4, 0.5) is 4.39 Å². The number of hydrogen-bond donors (Lipinski definition) is 2. The lowest BCUT2D eigenvalue weighted by Gasteiger charge is -2.43. The Hall–Kier alpha value is -2.17. The van der Waals surface area contributed by atoms with Gasteiger partial charge in [-0.15, -0.1) is 0 Å². The molecule has 1 fully saturated rings. The maximum Gasteiger partial charge on any atom is 0.236 e. The number of hydrogen-bond acceptors (Lipinski definition) is 4. The molecule has 2 N–H and O–H groups in total. The second-order valence-electron chi connectivity index (χ2n) is 7.63. The molecule has 2 heterocycles. The molecule has 1 aliphatic rings. The number of amides is 1. The van der Waals surface area contributed by atoms with E-state index in [1.165, 1.54) is 6.07 Å². The van der Waals surface area contributed by atoms with Crippen molar-refractivity contribution in [1.82, 2.24) is 15.1 Å². The van der Waals surface area contributed by atoms with Crippen molar-refractivity contribution < 1.29 is 14.3 Å². The standard InChI is InChI=1S/C19H22ClFN4O2/c1-19(2,12-4-7-25(8-5-12)14(26)3-6-22)18(27)15-16(21)13(20)9-11-10-23-24-17(11)15/h9-10,12,18,27H,3-5,7-8H2,1-2H3,(H,23,24)/t18-/m1/s1. The zero-order valence-corrected chi connectivity index (χ0v) is 16.1. The number of rotatable bonds is 4. The summed E-state index contributed by atoms with van der Waals surface area (Å²) < 4.78 is 14.8. The Labute approximate surface area is 161 Å². The molecule has 144 valence electrons. The van der Waals surface area contributed by atoms with E-state index >= 15 is 0 Å². The van der Waals surface area contributed by atoms with Crippen molar-refractivity contribution in [3.63, 3.8) is 0 Å². The van der Waals surface area contributed by atoms with Crippen molar-refractivity contribution in [3.8, 4) is 6.07 Å². The number of nitrogens with zero attached hydrogens (tertiary/aromatic N) is 3. The molecule has 0 spiro atoms. The normalized spacial score (nSPS) is 17.1. The van der Waals surface area contributed by atoms with Crippen molar-refractivity contribution in [2.24, 2.45) is 11.3 Å². The van der Waals surface area contributed by atoms with E-state index in [-0.39, 0.29) is 28.8 Å². The number of halogens is 2. The third kappa shape index (κ3) is 3.52. The minimum atomic E-state index is -1.09. The fourth-order valence-electron chi connectivity index (χ4n) is 3.96. The van der Waals surface area contributed by atoms with Crippen LogP contribution < -0.4 is 0 Å². The Kier molecular flexibility index (Phi) is 5.41. The van der Waals surface area contributed by atoms with Crippen LogP contribution >= 0.6 is 11.6 Å². The molecular weight excluding hydrogens is 371 g/mol. The smallest absolute Gasteiger partial charge is 0.236 e. The maximum absolute atomic E-state index is 14.8. The Bertz CT molecular complexity index is 897. The second kappa shape index (κ2) is 7.45. The van der Waals surface area contributed by atoms with Gasteiger partial charge in [-0.05, 0) is 30.2 Å². The molecular formula is C19H22ClFN4O2. The first-order valence-corrected chi connectivity index (χ1v) is 9.29. The Morgan fingerprint density at radius 3 is 2.85 bits per heavy atom. The van der Waals surface area contributed by atoms with Gasteiger partial charge in [0.15, 0.2) is 0 Å². The number of nitriles is 1. The Morgan fingerprint density at radius 2 is 2.22 bits per heavy atom. The fourth-order valence-corrected chi connectivity index (χ4v) is 4.18. The highest BCUT2D eigenvalue weighted by Crippen LogP contribution is 2.47. The first-order valence-electron chi connectivity index (χ1n) is 8.91. The van der Waals surface area contributed by atoms with Crippen LogP contribution in [0, 0.1) is 28.5 Å². The number of benzene rings is 1. The molecule has 6 nitrogen and oxygen atoms in total. The van der Waals surface area contributed by atoms with Gasteiger partial charge in [-0.25, -0.2) is 4.39 Å². The first kappa shape index (κ1) is 19.6. The van der Waals surface area contributed by atoms with Gasteiger partial charge in [-0.1, -0.05) is 25.4 Å². The van der Waals surface area contributed by atoms with Crippen LogP contribution in [-0.4, -0.2) is 39.2 Å². The predicted octanol–water partition coefficient (Wildman–Crippen LogP) is 3.57. The summed E-state index contributed by atoms with van der Waals surface area (Å²) in [5.41, 5.74) is -0.0735. The number of carbonyl (C=O) groups excluding carboxylic acids is 1. The molecule has 1 aromatic carbocycles. The number of piperidine rings is 1. The molecule has 1 saturated heterocycles. The number of aliphatic hydroxyl groups excluding tert-OH is 1. The third-order valence-electron chi connectivity index (χ3n) is 5.77. The van der Waals surface area contributed by atoms with Crippen LogP contribution in [-0.2, 0) is 4.79 Å². The van der Waals surface area contributed by atoms with Crippen molar-refractivity contribution in [2.45, 2.75) is 39.2 Å². The van der Waals surface area contributed by atoms with E-state index in [2.05, 4.69) is 10.2 Å². The van der Waals surface area contributed by atoms with Crippen LogP contribution in [0.3, 0.4) is 0 Å². The van der Waals surface area contributed by atoms with Crippen molar-refractivity contribution in [1.29, 1.82) is 5.26 Å². The lowest BCUT2D eigenvalue weighted by molar-refractivity contribution is -0.132. The number of likely N-dealkylation sites (tertiary alicyclic amines) is 1. The molecule has 3 rings (SSSR count). The Morgan fingerprint density at radius 1 is 1.56 bits per heavy atom. The number of aromatic amines is 1. The van der Waals surface area contributed by atoms with Gasteiger partial charge < -0.3 is 10.0 Å².